The molecule has 0 saturated carbocycles. The van der Waals surface area contributed by atoms with Gasteiger partial charge in [0, 0.05) is 18.2 Å². The highest BCUT2D eigenvalue weighted by atomic mass is 19.2. The number of carboxylic acid groups (broad SMARTS) is 1. The SMILES string of the molecule is O=C(O)/C=C\C(=O)Nc1c(F)c(F)cc(F)c1F. The third kappa shape index (κ3) is 3.06. The summed E-state index contributed by atoms with van der Waals surface area (Å²) in [6, 6.07) is -0.0204. The zero-order valence-corrected chi connectivity index (χ0v) is 8.51. The average Bonchev–Trinajstić information content (AvgIpc) is 2.29. The largest absolute Gasteiger partial charge is 0.478 e. The van der Waals surface area contributed by atoms with Gasteiger partial charge in [-0.1, -0.05) is 0 Å². The van der Waals surface area contributed by atoms with Crippen molar-refractivity contribution in [1.29, 1.82) is 0 Å². The Balaban J connectivity index is 3.05. The van der Waals surface area contributed by atoms with E-state index in [4.69, 9.17) is 5.11 Å². The number of aliphatic carboxylic acids is 1. The summed E-state index contributed by atoms with van der Waals surface area (Å²) >= 11 is 0. The summed E-state index contributed by atoms with van der Waals surface area (Å²) in [4.78, 5) is 21.1. The lowest BCUT2D eigenvalue weighted by Gasteiger charge is -2.06. The van der Waals surface area contributed by atoms with Crippen LogP contribution in [0.5, 0.6) is 0 Å². The van der Waals surface area contributed by atoms with Crippen LogP contribution in [0.1, 0.15) is 0 Å². The van der Waals surface area contributed by atoms with Gasteiger partial charge in [0.1, 0.15) is 5.69 Å². The van der Waals surface area contributed by atoms with Crippen LogP contribution in [0.4, 0.5) is 23.2 Å². The lowest BCUT2D eigenvalue weighted by molar-refractivity contribution is -0.131. The van der Waals surface area contributed by atoms with Crippen LogP contribution in [0, 0.1) is 23.3 Å². The third-order valence-electron chi connectivity index (χ3n) is 1.74. The molecule has 0 unspecified atom stereocenters. The molecule has 0 saturated heterocycles. The summed E-state index contributed by atoms with van der Waals surface area (Å²) < 4.78 is 51.6. The van der Waals surface area contributed by atoms with Crippen LogP contribution in [0.15, 0.2) is 18.2 Å². The van der Waals surface area contributed by atoms with Crippen LogP contribution >= 0.6 is 0 Å². The summed E-state index contributed by atoms with van der Waals surface area (Å²) in [6.45, 7) is 0. The van der Waals surface area contributed by atoms with Crippen LogP contribution in [-0.2, 0) is 9.59 Å². The second-order valence-electron chi connectivity index (χ2n) is 3.00. The number of carbonyl (C=O) groups excluding carboxylic acids is 1. The number of amides is 1. The van der Waals surface area contributed by atoms with Crippen molar-refractivity contribution in [3.63, 3.8) is 0 Å². The van der Waals surface area contributed by atoms with E-state index in [2.05, 4.69) is 0 Å². The van der Waals surface area contributed by atoms with Crippen molar-refractivity contribution >= 4 is 17.6 Å². The second kappa shape index (κ2) is 5.30. The quantitative estimate of drug-likeness (QED) is 0.496. The van der Waals surface area contributed by atoms with E-state index in [1.807, 2.05) is 0 Å². The molecular formula is C10H5F4NO3. The molecule has 0 aliphatic rings. The van der Waals surface area contributed by atoms with Gasteiger partial charge in [0.25, 0.3) is 0 Å². The van der Waals surface area contributed by atoms with Crippen LogP contribution in [0.2, 0.25) is 0 Å². The Bertz CT molecular complexity index is 516. The maximum absolute atomic E-state index is 13.1. The number of nitrogens with one attached hydrogen (secondary N) is 1. The number of anilines is 1. The molecule has 96 valence electrons. The molecule has 0 heterocycles. The van der Waals surface area contributed by atoms with Crippen LogP contribution in [0.3, 0.4) is 0 Å². The van der Waals surface area contributed by atoms with Crippen molar-refractivity contribution in [2.24, 2.45) is 0 Å². The second-order valence-corrected chi connectivity index (χ2v) is 3.00. The van der Waals surface area contributed by atoms with E-state index < -0.39 is 40.8 Å². The highest BCUT2D eigenvalue weighted by Gasteiger charge is 2.20. The molecule has 0 aromatic heterocycles. The van der Waals surface area contributed by atoms with E-state index in [0.717, 1.165) is 0 Å². The van der Waals surface area contributed by atoms with E-state index in [9.17, 15) is 27.2 Å². The fourth-order valence-electron chi connectivity index (χ4n) is 0.995. The van der Waals surface area contributed by atoms with E-state index in [0.29, 0.717) is 12.2 Å². The predicted octanol–water partition coefficient (Wildman–Crippen LogP) is 1.82. The van der Waals surface area contributed by atoms with Crippen molar-refractivity contribution in [2.75, 3.05) is 5.32 Å². The van der Waals surface area contributed by atoms with Gasteiger partial charge in [0.05, 0.1) is 0 Å². The number of hydrogen-bond donors (Lipinski definition) is 2. The predicted molar refractivity (Wildman–Crippen MR) is 51.7 cm³/mol. The van der Waals surface area contributed by atoms with E-state index in [-0.39, 0.29) is 6.07 Å². The van der Waals surface area contributed by atoms with Crippen LogP contribution in [0.25, 0.3) is 0 Å². The van der Waals surface area contributed by atoms with Crippen molar-refractivity contribution in [1.82, 2.24) is 0 Å². The zero-order valence-electron chi connectivity index (χ0n) is 8.51. The van der Waals surface area contributed by atoms with Crippen molar-refractivity contribution in [3.05, 3.63) is 41.5 Å². The Labute approximate surface area is 97.5 Å². The highest BCUT2D eigenvalue weighted by Crippen LogP contribution is 2.23. The Kier molecular flexibility index (Phi) is 4.03. The summed E-state index contributed by atoms with van der Waals surface area (Å²) in [5.74, 6) is -9.67. The summed E-state index contributed by atoms with van der Waals surface area (Å²) in [5, 5.41) is 9.69. The van der Waals surface area contributed by atoms with E-state index >= 15 is 0 Å². The first-order chi connectivity index (χ1) is 8.32. The van der Waals surface area contributed by atoms with Gasteiger partial charge >= 0.3 is 5.97 Å². The Morgan fingerprint density at radius 2 is 1.56 bits per heavy atom. The van der Waals surface area contributed by atoms with Crippen LogP contribution in [-0.4, -0.2) is 17.0 Å². The summed E-state index contributed by atoms with van der Waals surface area (Å²) in [7, 11) is 0. The summed E-state index contributed by atoms with van der Waals surface area (Å²) in [5.41, 5.74) is -1.33. The molecule has 0 spiro atoms. The van der Waals surface area contributed by atoms with Gasteiger partial charge < -0.3 is 10.4 Å². The van der Waals surface area contributed by atoms with Gasteiger partial charge in [0.15, 0.2) is 23.3 Å². The molecule has 8 heteroatoms. The number of carbonyl (C=O) groups is 2. The minimum atomic E-state index is -1.79. The first-order valence-electron chi connectivity index (χ1n) is 4.38. The molecular weight excluding hydrogens is 258 g/mol. The van der Waals surface area contributed by atoms with E-state index in [1.54, 1.807) is 0 Å². The first-order valence-corrected chi connectivity index (χ1v) is 4.38. The normalized spacial score (nSPS) is 10.7. The molecule has 0 bridgehead atoms. The molecule has 1 aromatic rings. The van der Waals surface area contributed by atoms with Gasteiger partial charge in [0.2, 0.25) is 5.91 Å². The van der Waals surface area contributed by atoms with E-state index in [1.165, 1.54) is 5.32 Å². The summed E-state index contributed by atoms with van der Waals surface area (Å²) in [6.07, 6.45) is 0.824. The molecule has 2 N–H and O–H groups in total. The Morgan fingerprint density at radius 1 is 1.06 bits per heavy atom. The standard InChI is InChI=1S/C10H5F4NO3/c11-4-3-5(12)9(14)10(8(4)13)15-6(16)1-2-7(17)18/h1-3H,(H,15,16)(H,17,18)/b2-1-. The zero-order chi connectivity index (χ0) is 13.9. The number of rotatable bonds is 3. The molecule has 0 fully saturated rings. The fraction of sp³-hybridized carbons (Fsp3) is 0. The van der Waals surface area contributed by atoms with Gasteiger partial charge in [-0.2, -0.15) is 0 Å². The smallest absolute Gasteiger partial charge is 0.328 e. The molecule has 1 aromatic carbocycles. The van der Waals surface area contributed by atoms with Crippen molar-refractivity contribution in [2.45, 2.75) is 0 Å². The van der Waals surface area contributed by atoms with Gasteiger partial charge in [-0.05, 0) is 0 Å². The monoisotopic (exact) mass is 263 g/mol. The van der Waals surface area contributed by atoms with Gasteiger partial charge in [-0.15, -0.1) is 0 Å². The number of hydrogen-bond acceptors (Lipinski definition) is 2. The number of carboxylic acids is 1. The fourth-order valence-corrected chi connectivity index (χ4v) is 0.995. The van der Waals surface area contributed by atoms with Gasteiger partial charge in [-0.25, -0.2) is 22.4 Å². The number of halogens is 4. The minimum Gasteiger partial charge on any atom is -0.478 e. The molecule has 1 rings (SSSR count). The Hall–Kier alpha value is -2.38. The van der Waals surface area contributed by atoms with Crippen LogP contribution < -0.4 is 5.32 Å². The first kappa shape index (κ1) is 13.7. The maximum atomic E-state index is 13.1. The molecule has 1 amide bonds. The minimum absolute atomic E-state index is 0.0204. The third-order valence-corrected chi connectivity index (χ3v) is 1.74. The lowest BCUT2D eigenvalue weighted by Crippen LogP contribution is -2.13. The van der Waals surface area contributed by atoms with Crippen molar-refractivity contribution < 1.29 is 32.3 Å². The molecule has 0 radical (unpaired) electrons. The molecule has 0 atom stereocenters. The molecule has 4 nitrogen and oxygen atoms in total. The Morgan fingerprint density at radius 3 is 2.00 bits per heavy atom. The van der Waals surface area contributed by atoms with Gasteiger partial charge in [-0.3, -0.25) is 4.79 Å². The average molecular weight is 263 g/mol. The topological polar surface area (TPSA) is 66.4 Å². The lowest BCUT2D eigenvalue weighted by atomic mass is 10.2. The molecule has 0 aliphatic carbocycles. The molecule has 18 heavy (non-hydrogen) atoms. The highest BCUT2D eigenvalue weighted by molar-refractivity contribution is 6.02. The van der Waals surface area contributed by atoms with Crippen molar-refractivity contribution in [3.8, 4) is 0 Å². The molecule has 0 aliphatic heterocycles. The number of benzene rings is 1. The maximum Gasteiger partial charge on any atom is 0.328 e.